The van der Waals surface area contributed by atoms with Gasteiger partial charge in [-0.25, -0.2) is 0 Å². The van der Waals surface area contributed by atoms with Crippen molar-refractivity contribution in [1.82, 2.24) is 5.32 Å². The molecule has 0 saturated carbocycles. The second kappa shape index (κ2) is 55.9. The average Bonchev–Trinajstić information content (AvgIpc) is 3.31. The quantitative estimate of drug-likeness (QED) is 0.0421. The fraction of sp³-hybridized carbons (Fsp3) is 0.754. The van der Waals surface area contributed by atoms with Gasteiger partial charge in [-0.2, -0.15) is 0 Å². The van der Waals surface area contributed by atoms with E-state index in [2.05, 4.69) is 92.1 Å². The van der Waals surface area contributed by atoms with E-state index in [1.165, 1.54) is 193 Å². The van der Waals surface area contributed by atoms with Gasteiger partial charge in [-0.15, -0.1) is 0 Å². The van der Waals surface area contributed by atoms with Crippen LogP contribution in [0.3, 0.4) is 0 Å². The second-order valence-corrected chi connectivity index (χ2v) is 19.0. The Bertz CT molecular complexity index is 1160. The van der Waals surface area contributed by atoms with E-state index in [0.717, 1.165) is 64.2 Å². The molecule has 0 aliphatic carbocycles. The largest absolute Gasteiger partial charge is 0.394 e. The highest BCUT2D eigenvalue weighted by molar-refractivity contribution is 5.76. The number of aliphatic hydroxyl groups is 2. The van der Waals surface area contributed by atoms with Crippen LogP contribution in [0.25, 0.3) is 0 Å². The van der Waals surface area contributed by atoms with E-state index in [9.17, 15) is 15.0 Å². The molecule has 0 aromatic carbocycles. The van der Waals surface area contributed by atoms with Crippen molar-refractivity contribution in [2.24, 2.45) is 0 Å². The van der Waals surface area contributed by atoms with Crippen LogP contribution in [0.1, 0.15) is 277 Å². The lowest BCUT2D eigenvalue weighted by Crippen LogP contribution is -2.45. The number of rotatable bonds is 51. The van der Waals surface area contributed by atoms with E-state index >= 15 is 0 Å². The molecular formula is C61H109NO3. The minimum atomic E-state index is -0.843. The smallest absolute Gasteiger partial charge is 0.220 e. The fourth-order valence-corrected chi connectivity index (χ4v) is 8.36. The van der Waals surface area contributed by atoms with Gasteiger partial charge < -0.3 is 15.5 Å². The zero-order valence-electron chi connectivity index (χ0n) is 43.2. The van der Waals surface area contributed by atoms with Crippen molar-refractivity contribution in [2.45, 2.75) is 289 Å². The summed E-state index contributed by atoms with van der Waals surface area (Å²) < 4.78 is 0. The van der Waals surface area contributed by atoms with Gasteiger partial charge in [0.1, 0.15) is 0 Å². The third kappa shape index (κ3) is 52.4. The van der Waals surface area contributed by atoms with E-state index in [1.54, 1.807) is 6.08 Å². The van der Waals surface area contributed by atoms with Crippen molar-refractivity contribution in [2.75, 3.05) is 6.61 Å². The number of amides is 1. The first kappa shape index (κ1) is 62.6. The number of nitrogens with one attached hydrogen (secondary N) is 1. The van der Waals surface area contributed by atoms with E-state index in [1.807, 2.05) is 6.08 Å². The first-order valence-corrected chi connectivity index (χ1v) is 28.3. The predicted octanol–water partition coefficient (Wildman–Crippen LogP) is 18.8. The highest BCUT2D eigenvalue weighted by Crippen LogP contribution is 2.16. The maximum absolute atomic E-state index is 12.5. The van der Waals surface area contributed by atoms with Crippen molar-refractivity contribution in [3.63, 3.8) is 0 Å². The van der Waals surface area contributed by atoms with Crippen LogP contribution in [0, 0.1) is 0 Å². The third-order valence-corrected chi connectivity index (χ3v) is 12.6. The van der Waals surface area contributed by atoms with Crippen LogP contribution >= 0.6 is 0 Å². The summed E-state index contributed by atoms with van der Waals surface area (Å²) in [4.78, 5) is 12.5. The highest BCUT2D eigenvalue weighted by Gasteiger charge is 2.18. The molecule has 0 saturated heterocycles. The van der Waals surface area contributed by atoms with Crippen LogP contribution in [-0.4, -0.2) is 34.9 Å². The maximum atomic E-state index is 12.5. The molecule has 0 aromatic rings. The molecule has 0 aliphatic heterocycles. The van der Waals surface area contributed by atoms with E-state index in [4.69, 9.17) is 0 Å². The third-order valence-electron chi connectivity index (χ3n) is 12.6. The van der Waals surface area contributed by atoms with Gasteiger partial charge in [0.25, 0.3) is 0 Å². The number of hydrogen-bond donors (Lipinski definition) is 3. The first-order valence-electron chi connectivity index (χ1n) is 28.3. The normalized spacial score (nSPS) is 13.5. The Morgan fingerprint density at radius 1 is 0.385 bits per heavy atom. The molecule has 376 valence electrons. The summed E-state index contributed by atoms with van der Waals surface area (Å²) >= 11 is 0. The second-order valence-electron chi connectivity index (χ2n) is 19.0. The Balaban J connectivity index is 3.52. The molecule has 3 N–H and O–H groups in total. The summed E-state index contributed by atoms with van der Waals surface area (Å²) in [5.41, 5.74) is 0. The molecule has 0 fully saturated rings. The summed E-state index contributed by atoms with van der Waals surface area (Å²) in [6, 6.07) is -0.627. The molecule has 0 aliphatic rings. The Kier molecular flexibility index (Phi) is 53.8. The van der Waals surface area contributed by atoms with Crippen molar-refractivity contribution < 1.29 is 15.0 Å². The standard InChI is InChI=1S/C61H109NO3/c1-3-5-7-9-11-13-15-17-19-21-23-25-26-27-28-29-30-31-32-33-34-35-36-37-39-41-43-45-47-49-51-53-55-57-61(65)62-59(58-63)60(64)56-54-52-50-48-46-44-42-40-38-24-22-20-18-16-14-12-10-8-6-4-2/h5,7,11,13,17,19,23,25,27-28,30-31,54,56,59-60,63-64H,3-4,6,8-10,12,14-16,18,20-22,24,26,29,32-53,55,57-58H2,1-2H3,(H,62,65)/b7-5-,13-11-,19-17-,25-23-,28-27-,31-30-,56-54+. The number of allylic oxidation sites excluding steroid dienone is 13. The molecule has 0 rings (SSSR count). The molecule has 65 heavy (non-hydrogen) atoms. The lowest BCUT2D eigenvalue weighted by molar-refractivity contribution is -0.123. The molecule has 2 unspecified atom stereocenters. The monoisotopic (exact) mass is 904 g/mol. The number of carbonyl (C=O) groups is 1. The molecular weight excluding hydrogens is 795 g/mol. The van der Waals surface area contributed by atoms with Crippen molar-refractivity contribution in [3.05, 3.63) is 85.1 Å². The van der Waals surface area contributed by atoms with Crippen LogP contribution in [0.15, 0.2) is 85.1 Å². The first-order chi connectivity index (χ1) is 32.2. The predicted molar refractivity (Wildman–Crippen MR) is 290 cm³/mol. The molecule has 0 aromatic heterocycles. The number of hydrogen-bond acceptors (Lipinski definition) is 3. The summed E-state index contributed by atoms with van der Waals surface area (Å²) in [5, 5.41) is 23.2. The van der Waals surface area contributed by atoms with Gasteiger partial charge in [0.2, 0.25) is 5.91 Å². The minimum Gasteiger partial charge on any atom is -0.394 e. The molecule has 1 amide bonds. The Morgan fingerprint density at radius 2 is 0.677 bits per heavy atom. The Hall–Kier alpha value is -2.43. The summed E-state index contributed by atoms with van der Waals surface area (Å²) in [7, 11) is 0. The van der Waals surface area contributed by atoms with Crippen molar-refractivity contribution in [1.29, 1.82) is 0 Å². The van der Waals surface area contributed by atoms with Crippen LogP contribution in [-0.2, 0) is 4.79 Å². The summed E-state index contributed by atoms with van der Waals surface area (Å²) in [6.45, 7) is 4.21. The highest BCUT2D eigenvalue weighted by atomic mass is 16.3. The Labute approximate surface area is 405 Å². The molecule has 0 spiro atoms. The summed E-state index contributed by atoms with van der Waals surface area (Å²) in [6.07, 6.45) is 81.7. The SMILES string of the molecule is CC/C=C\C/C=C\C/C=C\C/C=C\C/C=C\C/C=C\CCCCCCCCCCCCCCCCC(=O)NC(CO)C(O)/C=C/CCCCCCCCCCCCCCCCCCCC. The van der Waals surface area contributed by atoms with Crippen LogP contribution < -0.4 is 5.32 Å². The Morgan fingerprint density at radius 3 is 1.02 bits per heavy atom. The van der Waals surface area contributed by atoms with Gasteiger partial charge in [0, 0.05) is 6.42 Å². The van der Waals surface area contributed by atoms with Crippen LogP contribution in [0.4, 0.5) is 0 Å². The van der Waals surface area contributed by atoms with E-state index < -0.39 is 12.1 Å². The van der Waals surface area contributed by atoms with Gasteiger partial charge in [-0.3, -0.25) is 4.79 Å². The molecule has 0 bridgehead atoms. The van der Waals surface area contributed by atoms with Crippen molar-refractivity contribution >= 4 is 5.91 Å². The topological polar surface area (TPSA) is 69.6 Å². The number of carbonyl (C=O) groups excluding carboxylic acids is 1. The number of unbranched alkanes of at least 4 members (excludes halogenated alkanes) is 32. The maximum Gasteiger partial charge on any atom is 0.220 e. The number of aliphatic hydroxyl groups excluding tert-OH is 2. The van der Waals surface area contributed by atoms with Gasteiger partial charge in [0.05, 0.1) is 18.8 Å². The van der Waals surface area contributed by atoms with E-state index in [-0.39, 0.29) is 12.5 Å². The average molecular weight is 905 g/mol. The lowest BCUT2D eigenvalue weighted by Gasteiger charge is -2.20. The molecule has 4 nitrogen and oxygen atoms in total. The molecule has 0 radical (unpaired) electrons. The zero-order chi connectivity index (χ0) is 47.0. The lowest BCUT2D eigenvalue weighted by atomic mass is 10.0. The molecule has 0 heterocycles. The molecule has 4 heteroatoms. The van der Waals surface area contributed by atoms with Gasteiger partial charge in [-0.1, -0.05) is 285 Å². The van der Waals surface area contributed by atoms with Crippen molar-refractivity contribution in [3.8, 4) is 0 Å². The van der Waals surface area contributed by atoms with Crippen LogP contribution in [0.5, 0.6) is 0 Å². The van der Waals surface area contributed by atoms with Gasteiger partial charge in [-0.05, 0) is 70.6 Å². The zero-order valence-corrected chi connectivity index (χ0v) is 43.2. The van der Waals surface area contributed by atoms with Gasteiger partial charge in [0.15, 0.2) is 0 Å². The minimum absolute atomic E-state index is 0.0649. The van der Waals surface area contributed by atoms with Crippen LogP contribution in [0.2, 0.25) is 0 Å². The van der Waals surface area contributed by atoms with Gasteiger partial charge >= 0.3 is 0 Å². The summed E-state index contributed by atoms with van der Waals surface area (Å²) in [5.74, 6) is -0.0649. The molecule has 2 atom stereocenters. The van der Waals surface area contributed by atoms with E-state index in [0.29, 0.717) is 6.42 Å². The fourth-order valence-electron chi connectivity index (χ4n) is 8.36.